The molecule has 0 aromatic heterocycles. The maximum atomic E-state index is 14.3. The van der Waals surface area contributed by atoms with Gasteiger partial charge in [-0.2, -0.15) is 0 Å². The summed E-state index contributed by atoms with van der Waals surface area (Å²) in [6.07, 6.45) is 0. The number of halogens is 3. The standard InChI is InChI=1S/C15H15F3N2O/c1-8-6-7-10(17)13(14(8)18)15(20-19)12-9(16)4-3-5-11(12)21-2/h3-7,15,20H,19H2,1-2H3. The van der Waals surface area contributed by atoms with Crippen molar-refractivity contribution in [3.8, 4) is 5.75 Å². The molecule has 1 unspecified atom stereocenters. The molecule has 0 heterocycles. The summed E-state index contributed by atoms with van der Waals surface area (Å²) in [6, 6.07) is 5.32. The van der Waals surface area contributed by atoms with Crippen LogP contribution in [0.25, 0.3) is 0 Å². The Morgan fingerprint density at radius 2 is 1.71 bits per heavy atom. The number of methoxy groups -OCH3 is 1. The molecule has 3 N–H and O–H groups in total. The van der Waals surface area contributed by atoms with Gasteiger partial charge in [0, 0.05) is 5.56 Å². The highest BCUT2D eigenvalue weighted by Gasteiger charge is 2.27. The number of nitrogens with two attached hydrogens (primary N) is 1. The first-order valence-corrected chi connectivity index (χ1v) is 6.24. The molecule has 0 aliphatic rings. The van der Waals surface area contributed by atoms with Gasteiger partial charge in [-0.25, -0.2) is 18.6 Å². The van der Waals surface area contributed by atoms with E-state index in [9.17, 15) is 13.2 Å². The van der Waals surface area contributed by atoms with Gasteiger partial charge in [-0.05, 0) is 30.7 Å². The summed E-state index contributed by atoms with van der Waals surface area (Å²) in [6.45, 7) is 1.49. The third-order valence-corrected chi connectivity index (χ3v) is 3.30. The first-order chi connectivity index (χ1) is 10.0. The van der Waals surface area contributed by atoms with Crippen molar-refractivity contribution in [2.75, 3.05) is 7.11 Å². The minimum atomic E-state index is -1.21. The second kappa shape index (κ2) is 6.15. The Morgan fingerprint density at radius 3 is 2.33 bits per heavy atom. The fourth-order valence-corrected chi connectivity index (χ4v) is 2.23. The van der Waals surface area contributed by atoms with E-state index in [2.05, 4.69) is 5.43 Å². The molecule has 0 fully saturated rings. The molecule has 3 nitrogen and oxygen atoms in total. The Kier molecular flexibility index (Phi) is 4.50. The van der Waals surface area contributed by atoms with Crippen LogP contribution in [0.4, 0.5) is 13.2 Å². The molecule has 2 rings (SSSR count). The van der Waals surface area contributed by atoms with Crippen molar-refractivity contribution in [2.45, 2.75) is 13.0 Å². The van der Waals surface area contributed by atoms with Crippen molar-refractivity contribution in [1.29, 1.82) is 0 Å². The molecule has 0 saturated heterocycles. The third kappa shape index (κ3) is 2.72. The first kappa shape index (κ1) is 15.3. The molecule has 0 aliphatic carbocycles. The van der Waals surface area contributed by atoms with Gasteiger partial charge in [0.25, 0.3) is 0 Å². The maximum Gasteiger partial charge on any atom is 0.134 e. The van der Waals surface area contributed by atoms with Crippen LogP contribution >= 0.6 is 0 Å². The van der Waals surface area contributed by atoms with E-state index in [1.54, 1.807) is 0 Å². The van der Waals surface area contributed by atoms with E-state index in [0.29, 0.717) is 0 Å². The highest BCUT2D eigenvalue weighted by Crippen LogP contribution is 2.34. The van der Waals surface area contributed by atoms with Crippen molar-refractivity contribution < 1.29 is 17.9 Å². The van der Waals surface area contributed by atoms with Crippen molar-refractivity contribution in [3.63, 3.8) is 0 Å². The zero-order valence-corrected chi connectivity index (χ0v) is 11.6. The summed E-state index contributed by atoms with van der Waals surface area (Å²) in [4.78, 5) is 0. The number of hydrogen-bond acceptors (Lipinski definition) is 3. The predicted molar refractivity (Wildman–Crippen MR) is 73.2 cm³/mol. The van der Waals surface area contributed by atoms with Gasteiger partial charge >= 0.3 is 0 Å². The summed E-state index contributed by atoms with van der Waals surface area (Å²) in [5.74, 6) is 3.31. The zero-order valence-electron chi connectivity index (χ0n) is 11.6. The van der Waals surface area contributed by atoms with Gasteiger partial charge in [0.1, 0.15) is 23.2 Å². The number of ether oxygens (including phenoxy) is 1. The lowest BCUT2D eigenvalue weighted by Gasteiger charge is -2.21. The van der Waals surface area contributed by atoms with Crippen LogP contribution in [0.15, 0.2) is 30.3 Å². The Morgan fingerprint density at radius 1 is 1.05 bits per heavy atom. The van der Waals surface area contributed by atoms with E-state index in [1.165, 1.54) is 38.3 Å². The van der Waals surface area contributed by atoms with Crippen LogP contribution in [-0.4, -0.2) is 7.11 Å². The van der Waals surface area contributed by atoms with Gasteiger partial charge in [0.15, 0.2) is 0 Å². The monoisotopic (exact) mass is 296 g/mol. The fourth-order valence-electron chi connectivity index (χ4n) is 2.23. The van der Waals surface area contributed by atoms with Gasteiger partial charge in [0.05, 0.1) is 18.7 Å². The van der Waals surface area contributed by atoms with E-state index < -0.39 is 23.5 Å². The van der Waals surface area contributed by atoms with E-state index in [1.807, 2.05) is 0 Å². The van der Waals surface area contributed by atoms with Crippen molar-refractivity contribution in [3.05, 3.63) is 64.5 Å². The lowest BCUT2D eigenvalue weighted by Crippen LogP contribution is -2.31. The lowest BCUT2D eigenvalue weighted by atomic mass is 9.95. The maximum absolute atomic E-state index is 14.3. The van der Waals surface area contributed by atoms with Crippen LogP contribution in [-0.2, 0) is 0 Å². The molecule has 0 bridgehead atoms. The average molecular weight is 296 g/mol. The minimum Gasteiger partial charge on any atom is -0.496 e. The first-order valence-electron chi connectivity index (χ1n) is 6.24. The van der Waals surface area contributed by atoms with Crippen molar-refractivity contribution in [2.24, 2.45) is 5.84 Å². The molecule has 21 heavy (non-hydrogen) atoms. The number of nitrogens with one attached hydrogen (secondary N) is 1. The van der Waals surface area contributed by atoms with Crippen LogP contribution in [0.1, 0.15) is 22.7 Å². The highest BCUT2D eigenvalue weighted by atomic mass is 19.1. The molecule has 0 amide bonds. The van der Waals surface area contributed by atoms with Gasteiger partial charge in [-0.3, -0.25) is 5.84 Å². The van der Waals surface area contributed by atoms with Crippen LogP contribution in [0.5, 0.6) is 5.75 Å². The number of rotatable bonds is 4. The Hall–Kier alpha value is -2.05. The smallest absolute Gasteiger partial charge is 0.134 e. The molecule has 2 aromatic carbocycles. The zero-order chi connectivity index (χ0) is 15.6. The van der Waals surface area contributed by atoms with Crippen LogP contribution in [0, 0.1) is 24.4 Å². The fraction of sp³-hybridized carbons (Fsp3) is 0.200. The van der Waals surface area contributed by atoms with E-state index in [0.717, 1.165) is 6.07 Å². The number of hydrazine groups is 1. The summed E-state index contributed by atoms with van der Waals surface area (Å²) in [5.41, 5.74) is 2.10. The molecule has 0 saturated carbocycles. The molecule has 0 radical (unpaired) electrons. The second-order valence-electron chi connectivity index (χ2n) is 4.55. The number of aryl methyl sites for hydroxylation is 1. The van der Waals surface area contributed by atoms with E-state index in [4.69, 9.17) is 10.6 Å². The minimum absolute atomic E-state index is 0.0501. The lowest BCUT2D eigenvalue weighted by molar-refractivity contribution is 0.393. The van der Waals surface area contributed by atoms with Crippen molar-refractivity contribution in [1.82, 2.24) is 5.43 Å². The van der Waals surface area contributed by atoms with Crippen LogP contribution in [0.2, 0.25) is 0 Å². The van der Waals surface area contributed by atoms with Gasteiger partial charge in [-0.15, -0.1) is 0 Å². The topological polar surface area (TPSA) is 47.3 Å². The van der Waals surface area contributed by atoms with E-state index in [-0.39, 0.29) is 22.4 Å². The van der Waals surface area contributed by atoms with Gasteiger partial charge in [-0.1, -0.05) is 12.1 Å². The normalized spacial score (nSPS) is 12.3. The number of benzene rings is 2. The second-order valence-corrected chi connectivity index (χ2v) is 4.55. The summed E-state index contributed by atoms with van der Waals surface area (Å²) < 4.78 is 47.4. The number of hydrogen-bond donors (Lipinski definition) is 2. The Bertz CT molecular complexity index is 662. The highest BCUT2D eigenvalue weighted by molar-refractivity contribution is 5.44. The molecule has 6 heteroatoms. The molecule has 112 valence electrons. The quantitative estimate of drug-likeness (QED) is 0.673. The Balaban J connectivity index is 2.69. The molecule has 0 aliphatic heterocycles. The Labute approximate surface area is 120 Å². The van der Waals surface area contributed by atoms with Crippen LogP contribution in [0.3, 0.4) is 0 Å². The van der Waals surface area contributed by atoms with Gasteiger partial charge in [0.2, 0.25) is 0 Å². The van der Waals surface area contributed by atoms with Gasteiger partial charge < -0.3 is 4.74 Å². The predicted octanol–water partition coefficient (Wildman–Crippen LogP) is 2.97. The SMILES string of the molecule is COc1cccc(F)c1C(NN)c1c(F)ccc(C)c1F. The molecular weight excluding hydrogens is 281 g/mol. The summed E-state index contributed by atoms with van der Waals surface area (Å²) >= 11 is 0. The molecular formula is C15H15F3N2O. The molecule has 0 spiro atoms. The average Bonchev–Trinajstić information content (AvgIpc) is 2.48. The van der Waals surface area contributed by atoms with Crippen molar-refractivity contribution >= 4 is 0 Å². The third-order valence-electron chi connectivity index (χ3n) is 3.30. The largest absolute Gasteiger partial charge is 0.496 e. The summed E-state index contributed by atoms with van der Waals surface area (Å²) in [7, 11) is 1.34. The summed E-state index contributed by atoms with van der Waals surface area (Å²) in [5, 5.41) is 0. The van der Waals surface area contributed by atoms with Crippen LogP contribution < -0.4 is 16.0 Å². The molecule has 1 atom stereocenters. The molecule has 2 aromatic rings. The van der Waals surface area contributed by atoms with E-state index >= 15 is 0 Å².